The van der Waals surface area contributed by atoms with Crippen molar-refractivity contribution in [2.24, 2.45) is 0 Å². The highest BCUT2D eigenvalue weighted by Crippen LogP contribution is 2.30. The molecule has 1 heterocycles. The van der Waals surface area contributed by atoms with Crippen LogP contribution in [-0.4, -0.2) is 19.1 Å². The number of carbonyl (C=O) groups is 1. The highest BCUT2D eigenvalue weighted by atomic mass is 16.6. The van der Waals surface area contributed by atoms with E-state index in [2.05, 4.69) is 30.1 Å². The number of hydrogen-bond donors (Lipinski definition) is 1. The number of nitrogens with one attached hydrogen (secondary N) is 1. The molecule has 5 nitrogen and oxygen atoms in total. The van der Waals surface area contributed by atoms with Gasteiger partial charge in [0.15, 0.2) is 11.5 Å². The quantitative estimate of drug-likeness (QED) is 0.579. The van der Waals surface area contributed by atoms with Crippen molar-refractivity contribution < 1.29 is 19.0 Å². The Morgan fingerprint density at radius 2 is 2.15 bits per heavy atom. The van der Waals surface area contributed by atoms with E-state index in [1.807, 2.05) is 12.1 Å². The topological polar surface area (TPSA) is 56.8 Å². The zero-order valence-electron chi connectivity index (χ0n) is 15.8. The van der Waals surface area contributed by atoms with Crippen LogP contribution in [0.5, 0.6) is 11.5 Å². The van der Waals surface area contributed by atoms with Crippen molar-refractivity contribution in [2.45, 2.75) is 38.8 Å². The molecule has 0 amide bonds. The van der Waals surface area contributed by atoms with Gasteiger partial charge in [-0.15, -0.1) is 0 Å². The molecule has 0 saturated carbocycles. The molecule has 1 atom stereocenters. The maximum Gasteiger partial charge on any atom is 0.308 e. The van der Waals surface area contributed by atoms with Crippen LogP contribution in [0, 0.1) is 0 Å². The van der Waals surface area contributed by atoms with Gasteiger partial charge in [0.25, 0.3) is 0 Å². The minimum Gasteiger partial charge on any atom is -0.493 e. The van der Waals surface area contributed by atoms with Crippen molar-refractivity contribution in [2.75, 3.05) is 7.11 Å². The molecule has 0 bridgehead atoms. The number of ether oxygens (including phenoxy) is 3. The van der Waals surface area contributed by atoms with E-state index in [4.69, 9.17) is 14.2 Å². The van der Waals surface area contributed by atoms with Gasteiger partial charge < -0.3 is 19.5 Å². The lowest BCUT2D eigenvalue weighted by Gasteiger charge is -2.19. The van der Waals surface area contributed by atoms with Crippen LogP contribution in [0.2, 0.25) is 0 Å². The summed E-state index contributed by atoms with van der Waals surface area (Å²) in [4.78, 5) is 11.3. The maximum atomic E-state index is 11.3. The number of hydrogen-bond acceptors (Lipinski definition) is 5. The number of rotatable bonds is 7. The van der Waals surface area contributed by atoms with Gasteiger partial charge in [0.05, 0.1) is 13.2 Å². The molecule has 1 aliphatic carbocycles. The van der Waals surface area contributed by atoms with Crippen molar-refractivity contribution in [3.8, 4) is 11.5 Å². The first-order chi connectivity index (χ1) is 13.0. The van der Waals surface area contributed by atoms with Crippen LogP contribution >= 0.6 is 0 Å². The summed E-state index contributed by atoms with van der Waals surface area (Å²) in [5, 5.41) is 3.37. The second kappa shape index (κ2) is 8.62. The first kappa shape index (κ1) is 18.8. The zero-order chi connectivity index (χ0) is 19.2. The molecule has 1 aromatic rings. The minimum atomic E-state index is -0.390. The van der Waals surface area contributed by atoms with E-state index >= 15 is 0 Å². The van der Waals surface area contributed by atoms with E-state index < -0.39 is 0 Å². The van der Waals surface area contributed by atoms with Crippen molar-refractivity contribution in [3.05, 3.63) is 71.7 Å². The molecule has 5 heteroatoms. The fraction of sp³-hybridized carbons (Fsp3) is 0.318. The molecule has 2 aliphatic rings. The summed E-state index contributed by atoms with van der Waals surface area (Å²) in [5.74, 6) is 1.38. The zero-order valence-corrected chi connectivity index (χ0v) is 15.8. The molecule has 1 N–H and O–H groups in total. The number of esters is 1. The number of benzene rings is 1. The van der Waals surface area contributed by atoms with Crippen LogP contribution in [-0.2, 0) is 16.1 Å². The fourth-order valence-electron chi connectivity index (χ4n) is 3.17. The van der Waals surface area contributed by atoms with Crippen LogP contribution in [0.1, 0.15) is 31.7 Å². The Balaban J connectivity index is 1.66. The van der Waals surface area contributed by atoms with Gasteiger partial charge in [-0.05, 0) is 42.5 Å². The largest absolute Gasteiger partial charge is 0.493 e. The molecule has 27 heavy (non-hydrogen) atoms. The lowest BCUT2D eigenvalue weighted by atomic mass is 10.00. The van der Waals surface area contributed by atoms with Crippen molar-refractivity contribution in [3.63, 3.8) is 0 Å². The summed E-state index contributed by atoms with van der Waals surface area (Å²) in [6, 6.07) is 5.51. The van der Waals surface area contributed by atoms with Gasteiger partial charge in [-0.2, -0.15) is 0 Å². The SMILES string of the molecule is C=C1C=C(OCc2ccc(OC)c(OC(C)=O)c2)[C@H](CC2=CCCC=C2)N1. The fourth-order valence-corrected chi connectivity index (χ4v) is 3.17. The molecular weight excluding hydrogens is 342 g/mol. The number of allylic oxidation sites excluding steroid dienone is 4. The van der Waals surface area contributed by atoms with Gasteiger partial charge in [0, 0.05) is 18.7 Å². The molecular formula is C22H25NO4. The van der Waals surface area contributed by atoms with Gasteiger partial charge in [-0.1, -0.05) is 30.9 Å². The Kier molecular flexibility index (Phi) is 6.01. The second-order valence-electron chi connectivity index (χ2n) is 6.60. The Labute approximate surface area is 160 Å². The third kappa shape index (κ3) is 5.03. The Morgan fingerprint density at radius 1 is 1.30 bits per heavy atom. The predicted molar refractivity (Wildman–Crippen MR) is 104 cm³/mol. The molecule has 0 aromatic heterocycles. The summed E-state index contributed by atoms with van der Waals surface area (Å²) in [5.41, 5.74) is 3.05. The standard InChI is InChI=1S/C22H25NO4/c1-15-11-21(19(23-15)12-17-7-5-4-6-8-17)26-14-18-9-10-20(25-3)22(13-18)27-16(2)24/h5,7-11,13,19,23H,1,4,6,12,14H2,2-3H3/t19-/m0/s1. The molecule has 0 unspecified atom stereocenters. The van der Waals surface area contributed by atoms with E-state index in [1.54, 1.807) is 12.1 Å². The average molecular weight is 367 g/mol. The highest BCUT2D eigenvalue weighted by Gasteiger charge is 2.23. The molecule has 0 spiro atoms. The average Bonchev–Trinajstić information content (AvgIpc) is 2.99. The highest BCUT2D eigenvalue weighted by molar-refractivity contribution is 5.70. The Bertz CT molecular complexity index is 820. The van der Waals surface area contributed by atoms with Gasteiger partial charge in [0.2, 0.25) is 0 Å². The smallest absolute Gasteiger partial charge is 0.308 e. The molecule has 0 fully saturated rings. The third-order valence-corrected chi connectivity index (χ3v) is 4.42. The summed E-state index contributed by atoms with van der Waals surface area (Å²) < 4.78 is 16.5. The predicted octanol–water partition coefficient (Wildman–Crippen LogP) is 4.17. The van der Waals surface area contributed by atoms with Crippen LogP contribution in [0.3, 0.4) is 0 Å². The van der Waals surface area contributed by atoms with Crippen molar-refractivity contribution in [1.82, 2.24) is 5.32 Å². The summed E-state index contributed by atoms with van der Waals surface area (Å²) in [6.45, 7) is 5.72. The molecule has 0 radical (unpaired) electrons. The second-order valence-corrected chi connectivity index (χ2v) is 6.60. The van der Waals surface area contributed by atoms with Gasteiger partial charge in [-0.3, -0.25) is 4.79 Å². The van der Waals surface area contributed by atoms with E-state index in [1.165, 1.54) is 19.6 Å². The molecule has 3 rings (SSSR count). The van der Waals surface area contributed by atoms with Crippen molar-refractivity contribution >= 4 is 5.97 Å². The first-order valence-corrected chi connectivity index (χ1v) is 9.06. The molecule has 1 aromatic carbocycles. The van der Waals surface area contributed by atoms with E-state index in [9.17, 15) is 4.79 Å². The van der Waals surface area contributed by atoms with E-state index in [0.29, 0.717) is 18.1 Å². The van der Waals surface area contributed by atoms with Crippen LogP contribution in [0.15, 0.2) is 66.1 Å². The van der Waals surface area contributed by atoms with Crippen LogP contribution in [0.4, 0.5) is 0 Å². The summed E-state index contributed by atoms with van der Waals surface area (Å²) in [7, 11) is 1.54. The third-order valence-electron chi connectivity index (χ3n) is 4.42. The summed E-state index contributed by atoms with van der Waals surface area (Å²) in [6.07, 6.45) is 11.7. The summed E-state index contributed by atoms with van der Waals surface area (Å²) >= 11 is 0. The first-order valence-electron chi connectivity index (χ1n) is 9.06. The van der Waals surface area contributed by atoms with Gasteiger partial charge in [0.1, 0.15) is 12.4 Å². The molecule has 0 saturated heterocycles. The van der Waals surface area contributed by atoms with Crippen LogP contribution in [0.25, 0.3) is 0 Å². The normalized spacial score (nSPS) is 18.4. The van der Waals surface area contributed by atoms with E-state index in [-0.39, 0.29) is 12.0 Å². The minimum absolute atomic E-state index is 0.0812. The van der Waals surface area contributed by atoms with Gasteiger partial charge >= 0.3 is 5.97 Å². The Morgan fingerprint density at radius 3 is 2.85 bits per heavy atom. The lowest BCUT2D eigenvalue weighted by Crippen LogP contribution is -2.25. The van der Waals surface area contributed by atoms with Crippen LogP contribution < -0.4 is 14.8 Å². The Hall–Kier alpha value is -2.95. The number of carbonyl (C=O) groups excluding carboxylic acids is 1. The van der Waals surface area contributed by atoms with Gasteiger partial charge in [-0.25, -0.2) is 0 Å². The number of methoxy groups -OCH3 is 1. The monoisotopic (exact) mass is 367 g/mol. The molecule has 1 aliphatic heterocycles. The lowest BCUT2D eigenvalue weighted by molar-refractivity contribution is -0.132. The maximum absolute atomic E-state index is 11.3. The van der Waals surface area contributed by atoms with E-state index in [0.717, 1.165) is 36.3 Å². The molecule has 142 valence electrons. The van der Waals surface area contributed by atoms with Crippen molar-refractivity contribution in [1.29, 1.82) is 0 Å².